The number of pyridine rings is 1. The molecule has 1 heterocycles. The van der Waals surface area contributed by atoms with Crippen molar-refractivity contribution in [1.29, 1.82) is 0 Å². The maximum Gasteiger partial charge on any atom is 0.414 e. The molecule has 1 aromatic rings. The first-order valence-electron chi connectivity index (χ1n) is 6.47. The molecule has 0 aromatic carbocycles. The quantitative estimate of drug-likeness (QED) is 0.756. The van der Waals surface area contributed by atoms with Crippen molar-refractivity contribution in [3.63, 3.8) is 0 Å². The van der Waals surface area contributed by atoms with E-state index in [1.807, 2.05) is 26.8 Å². The van der Waals surface area contributed by atoms with Crippen LogP contribution in [0.3, 0.4) is 0 Å². The van der Waals surface area contributed by atoms with Gasteiger partial charge in [-0.1, -0.05) is 0 Å². The zero-order chi connectivity index (χ0) is 14.0. The summed E-state index contributed by atoms with van der Waals surface area (Å²) < 4.78 is 6.51. The van der Waals surface area contributed by atoms with Crippen molar-refractivity contribution in [3.8, 4) is 0 Å². The van der Waals surface area contributed by atoms with E-state index in [9.17, 15) is 4.79 Å². The minimum atomic E-state index is -0.480. The second-order valence-corrected chi connectivity index (χ2v) is 7.02. The lowest BCUT2D eigenvalue weighted by Gasteiger charge is -2.27. The van der Waals surface area contributed by atoms with Gasteiger partial charge in [0, 0.05) is 16.3 Å². The predicted molar refractivity (Wildman–Crippen MR) is 83.3 cm³/mol. The Morgan fingerprint density at radius 3 is 2.74 bits per heavy atom. The summed E-state index contributed by atoms with van der Waals surface area (Å²) in [5.41, 5.74) is 0.358. The third-order valence-corrected chi connectivity index (χ3v) is 3.70. The Balaban J connectivity index is 2.20. The van der Waals surface area contributed by atoms with E-state index in [0.29, 0.717) is 5.92 Å². The summed E-state index contributed by atoms with van der Waals surface area (Å²) in [7, 11) is 0. The van der Waals surface area contributed by atoms with Crippen LogP contribution in [-0.4, -0.2) is 23.2 Å². The molecule has 1 saturated carbocycles. The SMILES string of the molecule is CC(C)(C)OC(=O)N(CC1CC1)c1cnccc1I. The molecular formula is C14H19IN2O2. The number of hydrogen-bond donors (Lipinski definition) is 0. The van der Waals surface area contributed by atoms with Crippen LogP contribution in [0.1, 0.15) is 33.6 Å². The van der Waals surface area contributed by atoms with Gasteiger partial charge in [0.15, 0.2) is 0 Å². The molecule has 1 fully saturated rings. The van der Waals surface area contributed by atoms with Gasteiger partial charge < -0.3 is 4.74 Å². The van der Waals surface area contributed by atoms with E-state index < -0.39 is 5.60 Å². The molecule has 0 bridgehead atoms. The number of aromatic nitrogens is 1. The molecule has 1 aliphatic rings. The Bertz CT molecular complexity index is 467. The number of carbonyl (C=O) groups is 1. The largest absolute Gasteiger partial charge is 0.443 e. The van der Waals surface area contributed by atoms with Crippen LogP contribution in [-0.2, 0) is 4.74 Å². The monoisotopic (exact) mass is 374 g/mol. The number of carbonyl (C=O) groups excluding carboxylic acids is 1. The van der Waals surface area contributed by atoms with Gasteiger partial charge in [0.25, 0.3) is 0 Å². The molecule has 0 unspecified atom stereocenters. The molecule has 1 aliphatic carbocycles. The van der Waals surface area contributed by atoms with Crippen molar-refractivity contribution in [2.24, 2.45) is 5.92 Å². The van der Waals surface area contributed by atoms with Gasteiger partial charge in [0.1, 0.15) is 5.60 Å². The van der Waals surface area contributed by atoms with Crippen LogP contribution < -0.4 is 4.90 Å². The Labute approximate surface area is 127 Å². The normalized spacial score (nSPS) is 15.2. The van der Waals surface area contributed by atoms with Crippen molar-refractivity contribution in [2.75, 3.05) is 11.4 Å². The van der Waals surface area contributed by atoms with Gasteiger partial charge in [0.2, 0.25) is 0 Å². The highest BCUT2D eigenvalue weighted by Crippen LogP contribution is 2.33. The fourth-order valence-corrected chi connectivity index (χ4v) is 2.31. The van der Waals surface area contributed by atoms with E-state index in [0.717, 1.165) is 15.8 Å². The van der Waals surface area contributed by atoms with E-state index >= 15 is 0 Å². The highest BCUT2D eigenvalue weighted by atomic mass is 127. The molecule has 1 aromatic heterocycles. The Morgan fingerprint density at radius 2 is 2.21 bits per heavy atom. The first-order valence-corrected chi connectivity index (χ1v) is 7.55. The minimum Gasteiger partial charge on any atom is -0.443 e. The van der Waals surface area contributed by atoms with Crippen LogP contribution in [0.2, 0.25) is 0 Å². The lowest BCUT2D eigenvalue weighted by Crippen LogP contribution is -2.38. The molecule has 0 atom stereocenters. The molecule has 104 valence electrons. The zero-order valence-electron chi connectivity index (χ0n) is 11.5. The molecule has 0 saturated heterocycles. The lowest BCUT2D eigenvalue weighted by molar-refractivity contribution is 0.0578. The highest BCUT2D eigenvalue weighted by molar-refractivity contribution is 14.1. The zero-order valence-corrected chi connectivity index (χ0v) is 13.7. The number of amides is 1. The molecule has 0 spiro atoms. The van der Waals surface area contributed by atoms with Crippen molar-refractivity contribution < 1.29 is 9.53 Å². The number of ether oxygens (including phenoxy) is 1. The molecule has 0 N–H and O–H groups in total. The van der Waals surface area contributed by atoms with Gasteiger partial charge in [-0.3, -0.25) is 9.88 Å². The molecule has 2 rings (SSSR count). The predicted octanol–water partition coefficient (Wildman–Crippen LogP) is 3.84. The van der Waals surface area contributed by atoms with Gasteiger partial charge in [-0.15, -0.1) is 0 Å². The highest BCUT2D eigenvalue weighted by Gasteiger charge is 2.31. The molecule has 1 amide bonds. The fourth-order valence-electron chi connectivity index (χ4n) is 1.71. The van der Waals surface area contributed by atoms with E-state index in [1.54, 1.807) is 17.3 Å². The van der Waals surface area contributed by atoms with Crippen LogP contribution in [0.15, 0.2) is 18.5 Å². The Kier molecular flexibility index (Phi) is 4.32. The van der Waals surface area contributed by atoms with Crippen molar-refractivity contribution in [3.05, 3.63) is 22.0 Å². The number of nitrogens with zero attached hydrogens (tertiary/aromatic N) is 2. The molecule has 0 aliphatic heterocycles. The Hall–Kier alpha value is -0.850. The van der Waals surface area contributed by atoms with Crippen LogP contribution >= 0.6 is 22.6 Å². The maximum absolute atomic E-state index is 12.3. The second kappa shape index (κ2) is 5.64. The smallest absolute Gasteiger partial charge is 0.414 e. The van der Waals surface area contributed by atoms with Crippen LogP contribution in [0.5, 0.6) is 0 Å². The number of rotatable bonds is 3. The minimum absolute atomic E-state index is 0.287. The summed E-state index contributed by atoms with van der Waals surface area (Å²) in [6.45, 7) is 6.37. The van der Waals surface area contributed by atoms with Crippen molar-refractivity contribution in [2.45, 2.75) is 39.2 Å². The standard InChI is InChI=1S/C14H19IN2O2/c1-14(2,3)19-13(18)17(9-10-4-5-10)12-8-16-7-6-11(12)15/h6-8,10H,4-5,9H2,1-3H3. The summed E-state index contributed by atoms with van der Waals surface area (Å²) in [6.07, 6.45) is 5.56. The average Bonchev–Trinajstić information content (AvgIpc) is 3.08. The Morgan fingerprint density at radius 1 is 1.53 bits per heavy atom. The number of halogens is 1. The molecule has 0 radical (unpaired) electrons. The lowest BCUT2D eigenvalue weighted by atomic mass is 10.2. The summed E-state index contributed by atoms with van der Waals surface area (Å²) in [6, 6.07) is 1.90. The molecule has 4 nitrogen and oxygen atoms in total. The number of hydrogen-bond acceptors (Lipinski definition) is 3. The third-order valence-electron chi connectivity index (χ3n) is 2.79. The van der Waals surface area contributed by atoms with Crippen molar-refractivity contribution in [1.82, 2.24) is 4.98 Å². The van der Waals surface area contributed by atoms with E-state index in [1.165, 1.54) is 12.8 Å². The maximum atomic E-state index is 12.3. The fraction of sp³-hybridized carbons (Fsp3) is 0.571. The van der Waals surface area contributed by atoms with Gasteiger partial charge in [-0.05, 0) is 68.2 Å². The topological polar surface area (TPSA) is 42.4 Å². The molecule has 19 heavy (non-hydrogen) atoms. The summed E-state index contributed by atoms with van der Waals surface area (Å²) >= 11 is 2.22. The van der Waals surface area contributed by atoms with Crippen LogP contribution in [0, 0.1) is 9.49 Å². The van der Waals surface area contributed by atoms with E-state index in [-0.39, 0.29) is 6.09 Å². The van der Waals surface area contributed by atoms with E-state index in [2.05, 4.69) is 27.6 Å². The van der Waals surface area contributed by atoms with Gasteiger partial charge in [0.05, 0.1) is 11.9 Å². The van der Waals surface area contributed by atoms with Gasteiger partial charge in [-0.25, -0.2) is 4.79 Å². The molecule has 5 heteroatoms. The summed E-state index contributed by atoms with van der Waals surface area (Å²) in [5.74, 6) is 0.600. The van der Waals surface area contributed by atoms with Gasteiger partial charge >= 0.3 is 6.09 Å². The average molecular weight is 374 g/mol. The van der Waals surface area contributed by atoms with E-state index in [4.69, 9.17) is 4.74 Å². The summed E-state index contributed by atoms with van der Waals surface area (Å²) in [4.78, 5) is 18.2. The number of anilines is 1. The first kappa shape index (κ1) is 14.6. The van der Waals surface area contributed by atoms with Crippen LogP contribution in [0.25, 0.3) is 0 Å². The first-order chi connectivity index (χ1) is 8.87. The van der Waals surface area contributed by atoms with Gasteiger partial charge in [-0.2, -0.15) is 0 Å². The second-order valence-electron chi connectivity index (χ2n) is 5.86. The van der Waals surface area contributed by atoms with Crippen LogP contribution in [0.4, 0.5) is 10.5 Å². The summed E-state index contributed by atoms with van der Waals surface area (Å²) in [5, 5.41) is 0. The van der Waals surface area contributed by atoms with Crippen molar-refractivity contribution >= 4 is 34.4 Å². The third kappa shape index (κ3) is 4.33. The molecular weight excluding hydrogens is 355 g/mol.